The molecule has 2 aromatic rings. The highest BCUT2D eigenvalue weighted by Gasteiger charge is 2.51. The number of pyridine rings is 1. The van der Waals surface area contributed by atoms with E-state index in [0.717, 1.165) is 16.8 Å². The van der Waals surface area contributed by atoms with Crippen molar-refractivity contribution in [2.45, 2.75) is 38.0 Å². The number of aliphatic hydroxyl groups excluding tert-OH is 2. The second kappa shape index (κ2) is 14.0. The number of aliphatic hydroxyl groups is 3. The van der Waals surface area contributed by atoms with Crippen molar-refractivity contribution in [1.82, 2.24) is 9.88 Å². The number of hydrogen-bond acceptors (Lipinski definition) is 7. The lowest BCUT2D eigenvalue weighted by Crippen LogP contribution is -2.32. The van der Waals surface area contributed by atoms with Gasteiger partial charge in [0.2, 0.25) is 12.3 Å². The molecule has 0 saturated heterocycles. The minimum atomic E-state index is -2.02. The summed E-state index contributed by atoms with van der Waals surface area (Å²) in [6, 6.07) is 5.64. The van der Waals surface area contributed by atoms with E-state index in [4.69, 9.17) is 21.8 Å². The van der Waals surface area contributed by atoms with E-state index in [2.05, 4.69) is 4.99 Å². The van der Waals surface area contributed by atoms with E-state index in [1.165, 1.54) is 48.9 Å². The van der Waals surface area contributed by atoms with E-state index >= 15 is 8.78 Å². The van der Waals surface area contributed by atoms with Crippen LogP contribution in [0.2, 0.25) is 5.02 Å². The normalized spacial score (nSPS) is 20.5. The second-order valence-corrected chi connectivity index (χ2v) is 11.2. The van der Waals surface area contributed by atoms with Gasteiger partial charge in [0.1, 0.15) is 16.6 Å². The number of rotatable bonds is 10. The van der Waals surface area contributed by atoms with Gasteiger partial charge < -0.3 is 20.6 Å². The first kappa shape index (κ1) is 32.8. The summed E-state index contributed by atoms with van der Waals surface area (Å²) in [6.07, 6.45) is 6.41. The first-order valence-corrected chi connectivity index (χ1v) is 14.6. The van der Waals surface area contributed by atoms with Crippen LogP contribution in [0.1, 0.15) is 36.6 Å². The van der Waals surface area contributed by atoms with Crippen molar-refractivity contribution in [2.75, 3.05) is 6.26 Å². The molecule has 1 fully saturated rings. The zero-order valence-electron chi connectivity index (χ0n) is 23.1. The largest absolute Gasteiger partial charge is 0.512 e. The van der Waals surface area contributed by atoms with E-state index in [1.807, 2.05) is 12.2 Å². The van der Waals surface area contributed by atoms with Gasteiger partial charge in [-0.15, -0.1) is 0 Å². The molecule has 1 aromatic carbocycles. The molecule has 13 heteroatoms. The van der Waals surface area contributed by atoms with Crippen molar-refractivity contribution in [3.8, 4) is 0 Å². The van der Waals surface area contributed by atoms with Crippen LogP contribution in [0.3, 0.4) is 0 Å². The molecule has 1 heterocycles. The maximum Gasteiger partial charge on any atom is 0.273 e. The first-order chi connectivity index (χ1) is 19.8. The number of aromatic nitrogens is 1. The standard InChI is InChI=1S/C29H30ClF2N3O6S/c1-5-12-33-27(17-8-6-10-21(26(17)32)42(4)41)19(31)14-35-15(2)13-18(25(30)28(35)38)23-16(3)24(23)20(36)9-7-11-22(37)34-29(39)40/h5-14,16,23-24,29,36,39-40H,1-4H3,(H,34,37)/b11-7-,12-5+,19-14-,20-9-,33-27+. The highest BCUT2D eigenvalue weighted by molar-refractivity contribution is 7.84. The Bertz CT molecular complexity index is 1610. The molecule has 3 rings (SSSR count). The molecule has 0 aliphatic heterocycles. The fourth-order valence-corrected chi connectivity index (χ4v) is 5.47. The number of amides is 1. The summed E-state index contributed by atoms with van der Waals surface area (Å²) in [5, 5.41) is 29.7. The third-order valence-corrected chi connectivity index (χ3v) is 7.93. The molecule has 4 N–H and O–H groups in total. The third-order valence-electron chi connectivity index (χ3n) is 6.62. The van der Waals surface area contributed by atoms with Crippen molar-refractivity contribution in [3.63, 3.8) is 0 Å². The molecule has 0 radical (unpaired) electrons. The Hall–Kier alpha value is -3.71. The molecule has 0 bridgehead atoms. The van der Waals surface area contributed by atoms with E-state index in [-0.39, 0.29) is 33.1 Å². The van der Waals surface area contributed by atoms with E-state index in [0.29, 0.717) is 11.3 Å². The molecule has 1 amide bonds. The summed E-state index contributed by atoms with van der Waals surface area (Å²) in [5.74, 6) is -3.68. The van der Waals surface area contributed by atoms with Crippen LogP contribution in [0.5, 0.6) is 0 Å². The van der Waals surface area contributed by atoms with Gasteiger partial charge in [-0.25, -0.2) is 8.78 Å². The quantitative estimate of drug-likeness (QED) is 0.103. The minimum Gasteiger partial charge on any atom is -0.512 e. The van der Waals surface area contributed by atoms with E-state index in [1.54, 1.807) is 19.9 Å². The summed E-state index contributed by atoms with van der Waals surface area (Å²) >= 11 is 6.44. The van der Waals surface area contributed by atoms with Crippen LogP contribution in [0, 0.1) is 24.6 Å². The lowest BCUT2D eigenvalue weighted by atomic mass is 10.1. The Kier molecular flexibility index (Phi) is 10.9. The zero-order chi connectivity index (χ0) is 31.3. The average Bonchev–Trinajstić information content (AvgIpc) is 3.59. The molecule has 4 unspecified atom stereocenters. The van der Waals surface area contributed by atoms with Crippen LogP contribution < -0.4 is 10.9 Å². The summed E-state index contributed by atoms with van der Waals surface area (Å²) in [7, 11) is -1.68. The number of carbonyl (C=O) groups is 1. The molecule has 9 nitrogen and oxygen atoms in total. The molecular formula is C29H30ClF2N3O6S. The van der Waals surface area contributed by atoms with Crippen molar-refractivity contribution in [3.05, 3.63) is 104 Å². The van der Waals surface area contributed by atoms with Gasteiger partial charge in [0.15, 0.2) is 5.83 Å². The van der Waals surface area contributed by atoms with Gasteiger partial charge in [-0.05, 0) is 55.5 Å². The Balaban J connectivity index is 1.97. The Morgan fingerprint density at radius 2 is 2.00 bits per heavy atom. The van der Waals surface area contributed by atoms with Crippen molar-refractivity contribution < 1.29 is 33.1 Å². The summed E-state index contributed by atoms with van der Waals surface area (Å²) in [4.78, 5) is 28.6. The summed E-state index contributed by atoms with van der Waals surface area (Å²) in [6.45, 7) is 5.03. The van der Waals surface area contributed by atoms with Gasteiger partial charge in [-0.3, -0.25) is 23.4 Å². The number of carbonyl (C=O) groups excluding carboxylic acids is 1. The molecule has 1 aromatic heterocycles. The minimum absolute atomic E-state index is 0.0768. The van der Waals surface area contributed by atoms with E-state index < -0.39 is 52.0 Å². The topological polar surface area (TPSA) is 141 Å². The molecule has 224 valence electrons. The highest BCUT2D eigenvalue weighted by atomic mass is 35.5. The zero-order valence-corrected chi connectivity index (χ0v) is 24.7. The predicted molar refractivity (Wildman–Crippen MR) is 158 cm³/mol. The first-order valence-electron chi connectivity index (χ1n) is 12.6. The van der Waals surface area contributed by atoms with Gasteiger partial charge in [0.05, 0.1) is 27.7 Å². The number of hydrogen-bond donors (Lipinski definition) is 4. The molecule has 1 aliphatic carbocycles. The predicted octanol–water partition coefficient (Wildman–Crippen LogP) is 4.21. The fourth-order valence-electron chi connectivity index (χ4n) is 4.56. The van der Waals surface area contributed by atoms with E-state index in [9.17, 15) is 18.9 Å². The monoisotopic (exact) mass is 621 g/mol. The van der Waals surface area contributed by atoms with Crippen LogP contribution in [0.4, 0.5) is 8.78 Å². The van der Waals surface area contributed by atoms with Gasteiger partial charge in [-0.1, -0.05) is 36.7 Å². The van der Waals surface area contributed by atoms with Crippen LogP contribution in [-0.2, 0) is 15.6 Å². The SMILES string of the molecule is C/C=C/N=C(/C(F)=C/n1c(C)cc(C2C(C)C2/C(O)=C/C=C\C(=O)NC(O)O)c(Cl)c1=O)c1cccc(S(C)=O)c1F. The molecular weight excluding hydrogens is 592 g/mol. The summed E-state index contributed by atoms with van der Waals surface area (Å²) in [5.41, 5.74) is -0.635. The number of aliphatic imine (C=N–C) groups is 1. The van der Waals surface area contributed by atoms with Crippen LogP contribution in [0.15, 0.2) is 81.0 Å². The van der Waals surface area contributed by atoms with Gasteiger partial charge in [0.25, 0.3) is 5.56 Å². The highest BCUT2D eigenvalue weighted by Crippen LogP contribution is 2.58. The van der Waals surface area contributed by atoms with Crippen LogP contribution >= 0.6 is 11.6 Å². The number of aryl methyl sites for hydroxylation is 1. The maximum absolute atomic E-state index is 15.7. The van der Waals surface area contributed by atoms with Crippen LogP contribution in [0.25, 0.3) is 6.20 Å². The second-order valence-electron chi connectivity index (χ2n) is 9.48. The Morgan fingerprint density at radius 3 is 2.62 bits per heavy atom. The summed E-state index contributed by atoms with van der Waals surface area (Å²) < 4.78 is 43.7. The van der Waals surface area contributed by atoms with Crippen LogP contribution in [-0.4, -0.2) is 48.4 Å². The lowest BCUT2D eigenvalue weighted by molar-refractivity contribution is -0.129. The number of halogens is 3. The maximum atomic E-state index is 15.7. The molecule has 0 spiro atoms. The van der Waals surface area contributed by atoms with Gasteiger partial charge >= 0.3 is 0 Å². The van der Waals surface area contributed by atoms with Gasteiger partial charge in [0, 0.05) is 35.7 Å². The van der Waals surface area contributed by atoms with Crippen molar-refractivity contribution in [2.24, 2.45) is 16.8 Å². The smallest absolute Gasteiger partial charge is 0.273 e. The Labute approximate surface area is 248 Å². The average molecular weight is 622 g/mol. The number of allylic oxidation sites excluding steroid dienone is 5. The van der Waals surface area contributed by atoms with Crippen molar-refractivity contribution in [1.29, 1.82) is 0 Å². The van der Waals surface area contributed by atoms with Crippen molar-refractivity contribution >= 4 is 40.2 Å². The number of benzene rings is 1. The number of nitrogens with zero attached hydrogens (tertiary/aromatic N) is 2. The Morgan fingerprint density at radius 1 is 1.31 bits per heavy atom. The fraction of sp³-hybridized carbons (Fsp3) is 0.276. The third kappa shape index (κ3) is 7.37. The molecule has 1 saturated carbocycles. The molecule has 42 heavy (non-hydrogen) atoms. The molecule has 1 aliphatic rings. The lowest BCUT2D eigenvalue weighted by Gasteiger charge is -2.12. The van der Waals surface area contributed by atoms with Gasteiger partial charge in [-0.2, -0.15) is 0 Å². The number of nitrogens with one attached hydrogen (secondary N) is 1. The molecule has 4 atom stereocenters.